The molecule has 0 amide bonds. The fraction of sp³-hybridized carbons (Fsp3) is 1.00. The monoisotopic (exact) mass is 254 g/mol. The van der Waals surface area contributed by atoms with E-state index >= 15 is 0 Å². The maximum absolute atomic E-state index is 3.71. The average Bonchev–Trinajstić information content (AvgIpc) is 2.28. The first-order valence-corrected chi connectivity index (χ1v) is 7.81. The molecule has 2 N–H and O–H groups in total. The first-order chi connectivity index (χ1) is 8.43. The summed E-state index contributed by atoms with van der Waals surface area (Å²) in [5.74, 6) is 1.71. The lowest BCUT2D eigenvalue weighted by Gasteiger charge is -2.31. The molecule has 0 unspecified atom stereocenters. The van der Waals surface area contributed by atoms with Gasteiger partial charge in [0.2, 0.25) is 0 Å². The van der Waals surface area contributed by atoms with Crippen LogP contribution in [0.15, 0.2) is 0 Å². The number of hydrogen-bond acceptors (Lipinski definition) is 2. The van der Waals surface area contributed by atoms with Crippen LogP contribution in [0.5, 0.6) is 0 Å². The van der Waals surface area contributed by atoms with Gasteiger partial charge in [0.1, 0.15) is 0 Å². The fourth-order valence-electron chi connectivity index (χ4n) is 3.45. The lowest BCUT2D eigenvalue weighted by molar-refractivity contribution is 0.247. The summed E-state index contributed by atoms with van der Waals surface area (Å²) in [5.41, 5.74) is 0.441. The van der Waals surface area contributed by atoms with E-state index in [4.69, 9.17) is 0 Å². The van der Waals surface area contributed by atoms with Crippen LogP contribution >= 0.6 is 0 Å². The van der Waals surface area contributed by atoms with Gasteiger partial charge in [-0.2, -0.15) is 0 Å². The Morgan fingerprint density at radius 2 is 1.72 bits per heavy atom. The van der Waals surface area contributed by atoms with Crippen LogP contribution in [0.4, 0.5) is 0 Å². The maximum atomic E-state index is 3.71. The van der Waals surface area contributed by atoms with Crippen molar-refractivity contribution in [2.24, 2.45) is 17.3 Å². The number of rotatable bonds is 7. The quantitative estimate of drug-likeness (QED) is 0.727. The van der Waals surface area contributed by atoms with E-state index in [0.717, 1.165) is 24.4 Å². The van der Waals surface area contributed by atoms with Gasteiger partial charge in [0, 0.05) is 12.6 Å². The van der Waals surface area contributed by atoms with Crippen molar-refractivity contribution in [1.29, 1.82) is 0 Å². The molecule has 0 spiro atoms. The Balaban J connectivity index is 2.14. The van der Waals surface area contributed by atoms with Gasteiger partial charge < -0.3 is 10.6 Å². The van der Waals surface area contributed by atoms with Crippen molar-refractivity contribution in [2.45, 2.75) is 65.8 Å². The summed E-state index contributed by atoms with van der Waals surface area (Å²) in [6.07, 6.45) is 6.81. The first-order valence-electron chi connectivity index (χ1n) is 7.81. The molecule has 0 bridgehead atoms. The Morgan fingerprint density at radius 3 is 2.22 bits per heavy atom. The Labute approximate surface area is 114 Å². The van der Waals surface area contributed by atoms with E-state index in [9.17, 15) is 0 Å². The highest BCUT2D eigenvalue weighted by molar-refractivity contribution is 4.79. The average molecular weight is 254 g/mol. The zero-order valence-electron chi connectivity index (χ0n) is 13.2. The predicted molar refractivity (Wildman–Crippen MR) is 80.9 cm³/mol. The molecule has 1 saturated carbocycles. The van der Waals surface area contributed by atoms with Crippen molar-refractivity contribution in [1.82, 2.24) is 10.6 Å². The highest BCUT2D eigenvalue weighted by Crippen LogP contribution is 2.26. The van der Waals surface area contributed by atoms with Crippen molar-refractivity contribution < 1.29 is 0 Å². The summed E-state index contributed by atoms with van der Waals surface area (Å²) >= 11 is 0. The first kappa shape index (κ1) is 16.0. The molecule has 2 nitrogen and oxygen atoms in total. The van der Waals surface area contributed by atoms with Gasteiger partial charge >= 0.3 is 0 Å². The Hall–Kier alpha value is -0.0800. The summed E-state index contributed by atoms with van der Waals surface area (Å²) < 4.78 is 0. The minimum Gasteiger partial charge on any atom is -0.317 e. The van der Waals surface area contributed by atoms with Crippen LogP contribution in [-0.4, -0.2) is 26.2 Å². The second-order valence-electron chi connectivity index (χ2n) is 7.40. The van der Waals surface area contributed by atoms with Crippen LogP contribution in [0.1, 0.15) is 59.8 Å². The summed E-state index contributed by atoms with van der Waals surface area (Å²) in [7, 11) is 2.09. The van der Waals surface area contributed by atoms with Gasteiger partial charge in [-0.3, -0.25) is 0 Å². The van der Waals surface area contributed by atoms with Crippen LogP contribution in [0, 0.1) is 17.3 Å². The molecule has 0 aliphatic heterocycles. The molecule has 2 heteroatoms. The topological polar surface area (TPSA) is 24.1 Å². The van der Waals surface area contributed by atoms with Crippen LogP contribution < -0.4 is 10.6 Å². The molecule has 1 rings (SSSR count). The van der Waals surface area contributed by atoms with Gasteiger partial charge in [-0.25, -0.2) is 0 Å². The fourth-order valence-corrected chi connectivity index (χ4v) is 3.45. The summed E-state index contributed by atoms with van der Waals surface area (Å²) in [5, 5.41) is 7.12. The molecule has 0 aromatic rings. The van der Waals surface area contributed by atoms with Crippen molar-refractivity contribution in [3.63, 3.8) is 0 Å². The standard InChI is InChI=1S/C16H34N2/c1-13(2)10-16(3,4)12-18-11-14-6-8-15(17-5)9-7-14/h13-15,17-18H,6-12H2,1-5H3. The molecule has 18 heavy (non-hydrogen) atoms. The molecule has 108 valence electrons. The maximum Gasteiger partial charge on any atom is 0.00642 e. The smallest absolute Gasteiger partial charge is 0.00642 e. The zero-order valence-corrected chi connectivity index (χ0v) is 13.2. The molecular weight excluding hydrogens is 220 g/mol. The molecule has 1 aliphatic carbocycles. The van der Waals surface area contributed by atoms with E-state index in [-0.39, 0.29) is 0 Å². The number of hydrogen-bond donors (Lipinski definition) is 2. The molecule has 0 aromatic carbocycles. The van der Waals surface area contributed by atoms with Gasteiger partial charge in [0.25, 0.3) is 0 Å². The molecule has 0 aromatic heterocycles. The number of nitrogens with one attached hydrogen (secondary N) is 2. The third kappa shape index (κ3) is 6.19. The summed E-state index contributed by atoms with van der Waals surface area (Å²) in [6.45, 7) is 11.8. The SMILES string of the molecule is CNC1CCC(CNCC(C)(C)CC(C)C)CC1. The largest absolute Gasteiger partial charge is 0.317 e. The van der Waals surface area contributed by atoms with Gasteiger partial charge in [0.05, 0.1) is 0 Å². The normalized spacial score (nSPS) is 25.7. The van der Waals surface area contributed by atoms with Gasteiger partial charge in [-0.05, 0) is 62.9 Å². The zero-order chi connectivity index (χ0) is 13.6. The van der Waals surface area contributed by atoms with Crippen LogP contribution in [-0.2, 0) is 0 Å². The molecule has 1 aliphatic rings. The van der Waals surface area contributed by atoms with Crippen molar-refractivity contribution >= 4 is 0 Å². The lowest BCUT2D eigenvalue weighted by Crippen LogP contribution is -2.37. The van der Waals surface area contributed by atoms with Crippen molar-refractivity contribution in [3.8, 4) is 0 Å². The van der Waals surface area contributed by atoms with E-state index in [1.807, 2.05) is 0 Å². The van der Waals surface area contributed by atoms with Gasteiger partial charge in [0.15, 0.2) is 0 Å². The highest BCUT2D eigenvalue weighted by Gasteiger charge is 2.22. The van der Waals surface area contributed by atoms with E-state index in [0.29, 0.717) is 5.41 Å². The Kier molecular flexibility index (Phi) is 6.65. The molecule has 0 atom stereocenters. The molecule has 0 saturated heterocycles. The van der Waals surface area contributed by atoms with Crippen molar-refractivity contribution in [2.75, 3.05) is 20.1 Å². The third-order valence-electron chi connectivity index (χ3n) is 4.25. The minimum absolute atomic E-state index is 0.441. The van der Waals surface area contributed by atoms with E-state index in [1.54, 1.807) is 0 Å². The Bertz CT molecular complexity index is 215. The summed E-state index contributed by atoms with van der Waals surface area (Å²) in [6, 6.07) is 0.777. The molecule has 1 fully saturated rings. The van der Waals surface area contributed by atoms with Crippen LogP contribution in [0.2, 0.25) is 0 Å². The highest BCUT2D eigenvalue weighted by atomic mass is 14.9. The van der Waals surface area contributed by atoms with E-state index < -0.39 is 0 Å². The van der Waals surface area contributed by atoms with Crippen LogP contribution in [0.25, 0.3) is 0 Å². The third-order valence-corrected chi connectivity index (χ3v) is 4.25. The predicted octanol–water partition coefficient (Wildman–Crippen LogP) is 3.43. The van der Waals surface area contributed by atoms with Crippen molar-refractivity contribution in [3.05, 3.63) is 0 Å². The van der Waals surface area contributed by atoms with Crippen LogP contribution in [0.3, 0.4) is 0 Å². The van der Waals surface area contributed by atoms with Gasteiger partial charge in [-0.15, -0.1) is 0 Å². The Morgan fingerprint density at radius 1 is 1.11 bits per heavy atom. The molecule has 0 radical (unpaired) electrons. The molecule has 0 heterocycles. The van der Waals surface area contributed by atoms with Gasteiger partial charge in [-0.1, -0.05) is 27.7 Å². The second kappa shape index (κ2) is 7.49. The molecular formula is C16H34N2. The lowest BCUT2D eigenvalue weighted by atomic mass is 9.83. The minimum atomic E-state index is 0.441. The van der Waals surface area contributed by atoms with E-state index in [1.165, 1.54) is 38.6 Å². The summed E-state index contributed by atoms with van der Waals surface area (Å²) in [4.78, 5) is 0. The van der Waals surface area contributed by atoms with E-state index in [2.05, 4.69) is 45.4 Å². The second-order valence-corrected chi connectivity index (χ2v) is 7.40.